The van der Waals surface area contributed by atoms with E-state index < -0.39 is 0 Å². The summed E-state index contributed by atoms with van der Waals surface area (Å²) in [6, 6.07) is 0.433. The molecular weight excluding hydrogens is 126 g/mol. The van der Waals surface area contributed by atoms with Gasteiger partial charge in [-0.25, -0.2) is 0 Å². The van der Waals surface area contributed by atoms with Crippen LogP contribution in [0.3, 0.4) is 0 Å². The summed E-state index contributed by atoms with van der Waals surface area (Å²) in [5, 5.41) is 3.12. The van der Waals surface area contributed by atoms with Crippen molar-refractivity contribution in [3.63, 3.8) is 0 Å². The fourth-order valence-corrected chi connectivity index (χ4v) is 0.854. The summed E-state index contributed by atoms with van der Waals surface area (Å²) in [7, 11) is 0. The molecule has 0 aliphatic heterocycles. The molecule has 1 aliphatic carbocycles. The molecule has 1 rings (SSSR count). The fraction of sp³-hybridized carbons (Fsp3) is 0.875. The molecule has 0 amide bonds. The van der Waals surface area contributed by atoms with Gasteiger partial charge in [-0.1, -0.05) is 13.8 Å². The topological polar surface area (TPSA) is 29.1 Å². The predicted octanol–water partition coefficient (Wildman–Crippen LogP) is 0.964. The molecule has 0 aromatic rings. The number of carbonyl (C=O) groups is 1. The van der Waals surface area contributed by atoms with Gasteiger partial charge in [0.1, 0.15) is 5.78 Å². The van der Waals surface area contributed by atoms with Crippen LogP contribution in [0.15, 0.2) is 0 Å². The Bertz CT molecular complexity index is 127. The third kappa shape index (κ3) is 2.48. The molecule has 0 unspecified atom stereocenters. The number of ketones is 1. The summed E-state index contributed by atoms with van der Waals surface area (Å²) in [5.74, 6) is 0.806. The summed E-state index contributed by atoms with van der Waals surface area (Å²) in [6.45, 7) is 4.68. The van der Waals surface area contributed by atoms with E-state index in [4.69, 9.17) is 0 Å². The molecule has 0 aromatic heterocycles. The summed E-state index contributed by atoms with van der Waals surface area (Å²) in [4.78, 5) is 11.0. The monoisotopic (exact) mass is 141 g/mol. The predicted molar refractivity (Wildman–Crippen MR) is 40.9 cm³/mol. The summed E-state index contributed by atoms with van der Waals surface area (Å²) < 4.78 is 0. The molecular formula is C8H15NO. The van der Waals surface area contributed by atoms with Crippen LogP contribution in [-0.4, -0.2) is 18.4 Å². The number of carbonyl (C=O) groups excluding carboxylic acids is 1. The molecule has 0 spiro atoms. The second-order valence-electron chi connectivity index (χ2n) is 3.28. The Labute approximate surface area is 62.0 Å². The molecule has 1 aliphatic rings. The largest absolute Gasteiger partial charge is 0.308 e. The van der Waals surface area contributed by atoms with Gasteiger partial charge in [0.2, 0.25) is 0 Å². The number of nitrogens with one attached hydrogen (secondary N) is 1. The van der Waals surface area contributed by atoms with Crippen molar-refractivity contribution in [3.05, 3.63) is 0 Å². The van der Waals surface area contributed by atoms with Crippen molar-refractivity contribution in [2.75, 3.05) is 6.54 Å². The molecule has 2 nitrogen and oxygen atoms in total. The van der Waals surface area contributed by atoms with Crippen LogP contribution in [0.5, 0.6) is 0 Å². The standard InChI is InChI=1S/C8H15NO/c1-6(2)9-5-8(10)7-3-4-7/h6-7,9H,3-5H2,1-2H3. The summed E-state index contributed by atoms with van der Waals surface area (Å²) in [6.07, 6.45) is 2.25. The summed E-state index contributed by atoms with van der Waals surface area (Å²) in [5.41, 5.74) is 0. The Morgan fingerprint density at radius 2 is 2.20 bits per heavy atom. The second-order valence-corrected chi connectivity index (χ2v) is 3.28. The quantitative estimate of drug-likeness (QED) is 0.632. The van der Waals surface area contributed by atoms with E-state index in [9.17, 15) is 4.79 Å². The Hall–Kier alpha value is -0.370. The molecule has 0 bridgehead atoms. The van der Waals surface area contributed by atoms with E-state index in [1.807, 2.05) is 0 Å². The van der Waals surface area contributed by atoms with Crippen molar-refractivity contribution in [1.29, 1.82) is 0 Å². The van der Waals surface area contributed by atoms with Crippen LogP contribution >= 0.6 is 0 Å². The first-order valence-corrected chi connectivity index (χ1v) is 3.96. The first kappa shape index (κ1) is 7.73. The lowest BCUT2D eigenvalue weighted by molar-refractivity contribution is -0.119. The zero-order valence-corrected chi connectivity index (χ0v) is 6.68. The maximum absolute atomic E-state index is 11.0. The molecule has 0 atom stereocenters. The molecule has 2 heteroatoms. The maximum Gasteiger partial charge on any atom is 0.149 e. The van der Waals surface area contributed by atoms with Crippen molar-refractivity contribution < 1.29 is 4.79 Å². The van der Waals surface area contributed by atoms with Gasteiger partial charge in [0, 0.05) is 12.0 Å². The van der Waals surface area contributed by atoms with Crippen LogP contribution in [0.2, 0.25) is 0 Å². The van der Waals surface area contributed by atoms with Crippen molar-refractivity contribution in [1.82, 2.24) is 5.32 Å². The maximum atomic E-state index is 11.0. The van der Waals surface area contributed by atoms with Crippen molar-refractivity contribution >= 4 is 5.78 Å². The van der Waals surface area contributed by atoms with Gasteiger partial charge in [0.15, 0.2) is 0 Å². The Morgan fingerprint density at radius 1 is 1.60 bits per heavy atom. The molecule has 0 saturated heterocycles. The average Bonchev–Trinajstić information content (AvgIpc) is 2.63. The van der Waals surface area contributed by atoms with E-state index in [0.29, 0.717) is 24.3 Å². The van der Waals surface area contributed by atoms with Crippen LogP contribution < -0.4 is 5.32 Å². The normalized spacial score (nSPS) is 17.9. The van der Waals surface area contributed by atoms with Crippen molar-refractivity contribution in [2.45, 2.75) is 32.7 Å². The van der Waals surface area contributed by atoms with Crippen LogP contribution in [0, 0.1) is 5.92 Å². The van der Waals surface area contributed by atoms with Gasteiger partial charge in [0.25, 0.3) is 0 Å². The molecule has 1 saturated carbocycles. The lowest BCUT2D eigenvalue weighted by Gasteiger charge is -2.05. The van der Waals surface area contributed by atoms with Crippen LogP contribution in [-0.2, 0) is 4.79 Å². The van der Waals surface area contributed by atoms with E-state index in [1.54, 1.807) is 0 Å². The van der Waals surface area contributed by atoms with Crippen LogP contribution in [0.4, 0.5) is 0 Å². The third-order valence-electron chi connectivity index (χ3n) is 1.72. The highest BCUT2D eigenvalue weighted by molar-refractivity contribution is 5.84. The van der Waals surface area contributed by atoms with E-state index in [-0.39, 0.29) is 0 Å². The van der Waals surface area contributed by atoms with Gasteiger partial charge < -0.3 is 5.32 Å². The van der Waals surface area contributed by atoms with Gasteiger partial charge in [-0.3, -0.25) is 4.79 Å². The molecule has 0 aromatic carbocycles. The molecule has 10 heavy (non-hydrogen) atoms. The van der Waals surface area contributed by atoms with Crippen LogP contribution in [0.25, 0.3) is 0 Å². The highest BCUT2D eigenvalue weighted by atomic mass is 16.1. The minimum Gasteiger partial charge on any atom is -0.308 e. The number of hydrogen-bond donors (Lipinski definition) is 1. The minimum absolute atomic E-state index is 0.397. The Balaban J connectivity index is 2.06. The molecule has 0 heterocycles. The molecule has 1 fully saturated rings. The Morgan fingerprint density at radius 3 is 2.60 bits per heavy atom. The lowest BCUT2D eigenvalue weighted by Crippen LogP contribution is -2.29. The van der Waals surface area contributed by atoms with Crippen LogP contribution in [0.1, 0.15) is 26.7 Å². The first-order chi connectivity index (χ1) is 4.70. The van der Waals surface area contributed by atoms with Gasteiger partial charge in [-0.15, -0.1) is 0 Å². The molecule has 0 radical (unpaired) electrons. The van der Waals surface area contributed by atoms with Gasteiger partial charge in [0.05, 0.1) is 6.54 Å². The SMILES string of the molecule is CC(C)NCC(=O)C1CC1. The van der Waals surface area contributed by atoms with E-state index >= 15 is 0 Å². The van der Waals surface area contributed by atoms with Crippen molar-refractivity contribution in [2.24, 2.45) is 5.92 Å². The highest BCUT2D eigenvalue weighted by Crippen LogP contribution is 2.29. The van der Waals surface area contributed by atoms with Gasteiger partial charge in [-0.2, -0.15) is 0 Å². The van der Waals surface area contributed by atoms with Gasteiger partial charge in [-0.05, 0) is 12.8 Å². The smallest absolute Gasteiger partial charge is 0.149 e. The van der Waals surface area contributed by atoms with E-state index in [2.05, 4.69) is 19.2 Å². The molecule has 58 valence electrons. The van der Waals surface area contributed by atoms with E-state index in [1.165, 1.54) is 0 Å². The van der Waals surface area contributed by atoms with E-state index in [0.717, 1.165) is 12.8 Å². The zero-order valence-electron chi connectivity index (χ0n) is 6.68. The first-order valence-electron chi connectivity index (χ1n) is 3.96. The lowest BCUT2D eigenvalue weighted by atomic mass is 10.2. The minimum atomic E-state index is 0.397. The highest BCUT2D eigenvalue weighted by Gasteiger charge is 2.28. The zero-order chi connectivity index (χ0) is 7.56. The third-order valence-corrected chi connectivity index (χ3v) is 1.72. The fourth-order valence-electron chi connectivity index (χ4n) is 0.854. The number of hydrogen-bond acceptors (Lipinski definition) is 2. The summed E-state index contributed by atoms with van der Waals surface area (Å²) >= 11 is 0. The number of rotatable bonds is 4. The number of Topliss-reactive ketones (excluding diaryl/α,β-unsaturated/α-hetero) is 1. The Kier molecular flexibility index (Phi) is 2.44. The molecule has 1 N–H and O–H groups in total. The van der Waals surface area contributed by atoms with Gasteiger partial charge >= 0.3 is 0 Å². The van der Waals surface area contributed by atoms with Crippen molar-refractivity contribution in [3.8, 4) is 0 Å². The average molecular weight is 141 g/mol. The second kappa shape index (κ2) is 3.15.